The van der Waals surface area contributed by atoms with E-state index in [1.165, 1.54) is 0 Å². The predicted octanol–water partition coefficient (Wildman–Crippen LogP) is -2.60. The topological polar surface area (TPSA) is 62.1 Å². The van der Waals surface area contributed by atoms with Gasteiger partial charge in [0.2, 0.25) is 0 Å². The molecule has 12 heavy (non-hydrogen) atoms. The van der Waals surface area contributed by atoms with Crippen LogP contribution in [0.2, 0.25) is 26.2 Å². The largest absolute Gasteiger partial charge is 0.355 e. The molecule has 74 valence electrons. The Morgan fingerprint density at radius 1 is 1.08 bits per heavy atom. The van der Waals surface area contributed by atoms with Crippen LogP contribution in [0.1, 0.15) is 0 Å². The predicted molar refractivity (Wildman–Crippen MR) is 67.0 cm³/mol. The number of rotatable bonds is 6. The van der Waals surface area contributed by atoms with Crippen LogP contribution >= 0.6 is 0 Å². The number of hydrogen-bond acceptors (Lipinski definition) is 4. The Balaban J connectivity index is 3.46. The van der Waals surface area contributed by atoms with Crippen molar-refractivity contribution in [1.82, 2.24) is 13.9 Å². The minimum Gasteiger partial charge on any atom is -0.355 e. The molecule has 0 fully saturated rings. The van der Waals surface area contributed by atoms with Gasteiger partial charge in [-0.25, -0.2) is 0 Å². The van der Waals surface area contributed by atoms with Crippen molar-refractivity contribution < 1.29 is 0 Å². The van der Waals surface area contributed by atoms with Crippen LogP contribution in [0.25, 0.3) is 0 Å². The molecule has 3 unspecified atom stereocenters. The highest BCUT2D eigenvalue weighted by molar-refractivity contribution is 6.77. The normalized spacial score (nSPS) is 19.8. The van der Waals surface area contributed by atoms with Crippen molar-refractivity contribution in [2.45, 2.75) is 26.2 Å². The Kier molecular flexibility index (Phi) is 7.56. The van der Waals surface area contributed by atoms with Gasteiger partial charge in [-0.1, -0.05) is 6.55 Å². The Morgan fingerprint density at radius 3 is 2.08 bits per heavy atom. The Labute approximate surface area is 82.9 Å². The molecule has 0 saturated heterocycles. The van der Waals surface area contributed by atoms with Gasteiger partial charge in [0, 0.05) is 0 Å². The van der Waals surface area contributed by atoms with Crippen LogP contribution in [0, 0.1) is 0 Å². The van der Waals surface area contributed by atoms with Gasteiger partial charge in [-0.05, 0) is 19.6 Å². The van der Waals surface area contributed by atoms with E-state index >= 15 is 0 Å². The Hall–Kier alpha value is 0.708. The molecule has 5 N–H and O–H groups in total. The van der Waals surface area contributed by atoms with Gasteiger partial charge in [0.25, 0.3) is 0 Å². The first kappa shape index (κ1) is 12.7. The molecule has 3 atom stereocenters. The van der Waals surface area contributed by atoms with E-state index in [-0.39, 0.29) is 9.68 Å². The lowest BCUT2D eigenvalue weighted by atomic mass is 11.9. The van der Waals surface area contributed by atoms with Crippen LogP contribution < -0.4 is 19.3 Å². The zero-order chi connectivity index (χ0) is 9.56. The van der Waals surface area contributed by atoms with E-state index in [4.69, 9.17) is 5.40 Å². The Bertz CT molecular complexity index is 113. The first-order valence-electron chi connectivity index (χ1n) is 4.57. The van der Waals surface area contributed by atoms with E-state index in [0.29, 0.717) is 0 Å². The van der Waals surface area contributed by atoms with Gasteiger partial charge in [-0.15, -0.1) is 0 Å². The standard InChI is InChI=1S/C4H22N4Si4/c1-9-6-11(3)8-12(4)7-10(2)5/h6-8,10-12H,5,9H2,1-4H3. The molecule has 0 aromatic heterocycles. The number of nitrogens with one attached hydrogen (secondary N) is 3. The molecule has 0 heterocycles. The van der Waals surface area contributed by atoms with Crippen LogP contribution in [-0.2, 0) is 0 Å². The van der Waals surface area contributed by atoms with Crippen molar-refractivity contribution in [2.24, 2.45) is 5.40 Å². The van der Waals surface area contributed by atoms with E-state index in [2.05, 4.69) is 40.1 Å². The van der Waals surface area contributed by atoms with Gasteiger partial charge >= 0.3 is 0 Å². The summed E-state index contributed by atoms with van der Waals surface area (Å²) in [6.45, 7) is 8.99. The Morgan fingerprint density at radius 2 is 1.67 bits per heavy atom. The molecule has 0 amide bonds. The van der Waals surface area contributed by atoms with Gasteiger partial charge in [0.15, 0.2) is 27.4 Å². The van der Waals surface area contributed by atoms with Crippen LogP contribution in [-0.4, -0.2) is 37.0 Å². The molecule has 0 aliphatic heterocycles. The summed E-state index contributed by atoms with van der Waals surface area (Å²) >= 11 is 0. The van der Waals surface area contributed by atoms with E-state index in [0.717, 1.165) is 0 Å². The highest BCUT2D eigenvalue weighted by atomic mass is 28.4. The zero-order valence-electron chi connectivity index (χ0n) is 8.52. The van der Waals surface area contributed by atoms with E-state index < -0.39 is 27.4 Å². The average molecular weight is 239 g/mol. The lowest BCUT2D eigenvalue weighted by Gasteiger charge is -2.20. The number of hydrogen-bond donors (Lipinski definition) is 4. The fourth-order valence-corrected chi connectivity index (χ4v) is 12.6. The third-order valence-corrected chi connectivity index (χ3v) is 13.7. The summed E-state index contributed by atoms with van der Waals surface area (Å²) in [5, 5.41) is 5.77. The highest BCUT2D eigenvalue weighted by Gasteiger charge is 2.09. The van der Waals surface area contributed by atoms with Gasteiger partial charge < -0.3 is 19.3 Å². The van der Waals surface area contributed by atoms with Crippen molar-refractivity contribution in [1.29, 1.82) is 0 Å². The lowest BCUT2D eigenvalue weighted by molar-refractivity contribution is 1.25. The summed E-state index contributed by atoms with van der Waals surface area (Å²) in [5.74, 6) is 0. The third-order valence-electron chi connectivity index (χ3n) is 1.52. The molecule has 0 aromatic carbocycles. The molecule has 0 aliphatic rings. The first-order chi connectivity index (χ1) is 5.56. The maximum Gasteiger partial charge on any atom is 0.172 e. The smallest absolute Gasteiger partial charge is 0.172 e. The second-order valence-electron chi connectivity index (χ2n) is 3.12. The quantitative estimate of drug-likeness (QED) is 0.383. The molecule has 0 radical (unpaired) electrons. The molecule has 0 bridgehead atoms. The van der Waals surface area contributed by atoms with E-state index in [1.807, 2.05) is 0 Å². The van der Waals surface area contributed by atoms with Gasteiger partial charge in [-0.3, -0.25) is 0 Å². The molecule has 8 heteroatoms. The zero-order valence-corrected chi connectivity index (χ0v) is 13.4. The second kappa shape index (κ2) is 7.14. The minimum atomic E-state index is -1.05. The summed E-state index contributed by atoms with van der Waals surface area (Å²) in [5.41, 5.74) is 0. The van der Waals surface area contributed by atoms with E-state index in [1.54, 1.807) is 0 Å². The molecular formula is C4H22N4Si4. The lowest BCUT2D eigenvalue weighted by Crippen LogP contribution is -2.61. The molecule has 0 aliphatic carbocycles. The highest BCUT2D eigenvalue weighted by Crippen LogP contribution is 1.73. The van der Waals surface area contributed by atoms with Crippen molar-refractivity contribution in [2.75, 3.05) is 0 Å². The summed E-state index contributed by atoms with van der Waals surface area (Å²) in [7, 11) is -2.71. The fraction of sp³-hybridized carbons (Fsp3) is 1.00. The van der Waals surface area contributed by atoms with Crippen molar-refractivity contribution in [3.63, 3.8) is 0 Å². The average Bonchev–Trinajstić information content (AvgIpc) is 1.84. The summed E-state index contributed by atoms with van der Waals surface area (Å²) < 4.78 is 10.7. The first-order valence-corrected chi connectivity index (χ1v) is 13.7. The molecule has 0 rings (SSSR count). The summed E-state index contributed by atoms with van der Waals surface area (Å²) in [4.78, 5) is 0. The number of nitrogens with two attached hydrogens (primary N) is 1. The summed E-state index contributed by atoms with van der Waals surface area (Å²) in [6, 6.07) is 0. The van der Waals surface area contributed by atoms with Crippen LogP contribution in [0.4, 0.5) is 0 Å². The molecule has 0 saturated carbocycles. The summed E-state index contributed by atoms with van der Waals surface area (Å²) in [6.07, 6.45) is 0. The fourth-order valence-electron chi connectivity index (χ4n) is 1.18. The molecular weight excluding hydrogens is 216 g/mol. The van der Waals surface area contributed by atoms with Gasteiger partial charge in [0.1, 0.15) is 0 Å². The monoisotopic (exact) mass is 238 g/mol. The minimum absolute atomic E-state index is 0.0203. The van der Waals surface area contributed by atoms with Crippen molar-refractivity contribution >= 4 is 37.0 Å². The van der Waals surface area contributed by atoms with E-state index in [9.17, 15) is 0 Å². The van der Waals surface area contributed by atoms with Gasteiger partial charge in [0.05, 0.1) is 9.68 Å². The molecule has 4 nitrogen and oxygen atoms in total. The maximum atomic E-state index is 5.77. The molecule has 0 spiro atoms. The van der Waals surface area contributed by atoms with Crippen LogP contribution in [0.3, 0.4) is 0 Å². The van der Waals surface area contributed by atoms with Crippen LogP contribution in [0.15, 0.2) is 0 Å². The maximum absolute atomic E-state index is 5.77. The van der Waals surface area contributed by atoms with Gasteiger partial charge in [-0.2, -0.15) is 0 Å². The van der Waals surface area contributed by atoms with Crippen molar-refractivity contribution in [3.8, 4) is 0 Å². The SMILES string of the molecule is C[SiH2]N[SiH](C)N[SiH](C)N[SiH](C)N. The van der Waals surface area contributed by atoms with Crippen LogP contribution in [0.5, 0.6) is 0 Å². The third kappa shape index (κ3) is 7.36. The second-order valence-corrected chi connectivity index (χ2v) is 12.6. The van der Waals surface area contributed by atoms with Crippen molar-refractivity contribution in [3.05, 3.63) is 0 Å². The molecule has 0 aromatic rings.